The molecule has 7 heteroatoms. The van der Waals surface area contributed by atoms with Crippen LogP contribution in [0.4, 0.5) is 39.8 Å². The quantitative estimate of drug-likeness (QED) is 0.135. The number of pyridine rings is 1. The SMILES string of the molecule is [2H]c1c(Oc2[c-]c3c(cc2)c2ccccc2n3-c2cc(C([2H])([2H])[2H])c(-c3cccc(C([2H])([2H])[2H])c3)cn2)[c-]c(N2[CH-]N(c3c(-c4cc(C(C)(C)C)cc(C(C)(C)C)c4)cc(C(C)(C)C)cc3-c3ccc4c(c3)C3(c5ccccc5-4)c4ccccc4N(c4ccccc4)c4ccccc43)c3ccccc32)c([2H])c1[2H].[Pt]. The van der Waals surface area contributed by atoms with Gasteiger partial charge in [0.15, 0.2) is 0 Å². The molecular formula is C93H78N5OPt-3. The Hall–Kier alpha value is -10.5. The van der Waals surface area contributed by atoms with Crippen LogP contribution >= 0.6 is 0 Å². The molecule has 494 valence electrons. The number of aryl methyl sites for hydroxylation is 2. The van der Waals surface area contributed by atoms with Crippen molar-refractivity contribution in [3.63, 3.8) is 0 Å². The molecule has 0 amide bonds. The number of ether oxygens (including phenoxy) is 1. The maximum absolute atomic E-state index is 9.89. The molecule has 0 atom stereocenters. The van der Waals surface area contributed by atoms with Crippen LogP contribution in [0.3, 0.4) is 0 Å². The summed E-state index contributed by atoms with van der Waals surface area (Å²) in [5.41, 5.74) is 20.9. The van der Waals surface area contributed by atoms with E-state index in [9.17, 15) is 4.11 Å². The van der Waals surface area contributed by atoms with Gasteiger partial charge in [-0.25, -0.2) is 4.98 Å². The van der Waals surface area contributed by atoms with Crippen LogP contribution in [0.15, 0.2) is 267 Å². The number of benzene rings is 12. The summed E-state index contributed by atoms with van der Waals surface area (Å²) < 4.78 is 88.2. The monoisotopic (exact) mass is 1480 g/mol. The predicted molar refractivity (Wildman–Crippen MR) is 412 cm³/mol. The number of fused-ring (bicyclic) bond motifs is 13. The van der Waals surface area contributed by atoms with Crippen molar-refractivity contribution in [2.24, 2.45) is 0 Å². The van der Waals surface area contributed by atoms with Crippen molar-refractivity contribution < 1.29 is 38.1 Å². The van der Waals surface area contributed by atoms with Gasteiger partial charge in [-0.2, -0.15) is 12.1 Å². The molecule has 1 spiro atoms. The topological polar surface area (TPSA) is 36.8 Å². The molecule has 3 aliphatic rings. The van der Waals surface area contributed by atoms with Gasteiger partial charge in [-0.05, 0) is 177 Å². The van der Waals surface area contributed by atoms with Gasteiger partial charge in [0.05, 0.1) is 16.8 Å². The Balaban J connectivity index is 0.00000904. The maximum atomic E-state index is 9.89. The molecule has 6 nitrogen and oxygen atoms in total. The number of hydrogen-bond donors (Lipinski definition) is 0. The fourth-order valence-corrected chi connectivity index (χ4v) is 15.3. The third-order valence-corrected chi connectivity index (χ3v) is 20.2. The molecule has 0 saturated heterocycles. The van der Waals surface area contributed by atoms with Crippen LogP contribution in [0.25, 0.3) is 72.1 Å². The van der Waals surface area contributed by atoms with Crippen LogP contribution in [0.1, 0.15) is 125 Å². The van der Waals surface area contributed by atoms with E-state index in [2.05, 4.69) is 242 Å². The molecule has 0 radical (unpaired) electrons. The summed E-state index contributed by atoms with van der Waals surface area (Å²) in [6.45, 7) is 17.4. The Labute approximate surface area is 615 Å². The molecule has 0 bridgehead atoms. The Morgan fingerprint density at radius 1 is 0.460 bits per heavy atom. The van der Waals surface area contributed by atoms with Gasteiger partial charge in [0, 0.05) is 93.3 Å². The molecule has 100 heavy (non-hydrogen) atoms. The van der Waals surface area contributed by atoms with Gasteiger partial charge in [0.1, 0.15) is 5.82 Å². The second-order valence-corrected chi connectivity index (χ2v) is 29.5. The summed E-state index contributed by atoms with van der Waals surface area (Å²) in [4.78, 5) is 11.4. The molecule has 0 fully saturated rings. The zero-order valence-corrected chi connectivity index (χ0v) is 59.5. The second kappa shape index (κ2) is 24.1. The molecule has 2 aliphatic heterocycles. The number of nitrogens with zero attached hydrogens (tertiary/aromatic N) is 5. The summed E-state index contributed by atoms with van der Waals surface area (Å²) in [5.74, 6) is 0.314. The number of anilines is 7. The summed E-state index contributed by atoms with van der Waals surface area (Å²) in [5, 5.41) is 1.58. The zero-order chi connectivity index (χ0) is 75.5. The first-order valence-electron chi connectivity index (χ1n) is 38.4. The van der Waals surface area contributed by atoms with E-state index in [1.54, 1.807) is 18.2 Å². The van der Waals surface area contributed by atoms with E-state index in [0.717, 1.165) is 72.6 Å². The molecule has 12 aromatic carbocycles. The molecule has 17 rings (SSSR count). The standard InChI is InChI=1S/C93H78N5O.Pt/c1-59-27-25-28-61(47-59)77-57-94-88(48-60(77)2)98-82-38-20-16-34-73(82)74-46-44-70(56-87(74)98)99-69-32-26-31-68(55-69)95-58-96(86-42-24-23-41-85(86)95)89-75(53-66(92(9,10)11)54-76(89)63-49-64(90(3,4)5)52-65(50-63)91(6,7)8)62-43-45-72-71-33-15-17-35-78(71)93(81(72)51-62)79-36-18-21-39-83(79)97(67-29-13-12-14-30-67)84-40-22-19-37-80(84)93;/h12-54,57-58H,1-11H3;/q-3;/i1D3,2D3,26D,31D,32D;. The van der Waals surface area contributed by atoms with E-state index in [1.165, 1.54) is 63.3 Å². The third-order valence-electron chi connectivity index (χ3n) is 20.2. The van der Waals surface area contributed by atoms with E-state index in [0.29, 0.717) is 22.3 Å². The molecule has 2 aromatic heterocycles. The molecular weight excluding hydrogens is 1400 g/mol. The molecule has 0 saturated carbocycles. The molecule has 14 aromatic rings. The normalized spacial score (nSPS) is 15.2. The van der Waals surface area contributed by atoms with Crippen LogP contribution in [0.5, 0.6) is 11.5 Å². The minimum atomic E-state index is -2.64. The van der Waals surface area contributed by atoms with Crippen molar-refractivity contribution in [2.75, 3.05) is 14.7 Å². The molecule has 4 heterocycles. The number of aromatic nitrogens is 2. The Bertz CT molecular complexity index is 5940. The van der Waals surface area contributed by atoms with Crippen molar-refractivity contribution in [3.05, 3.63) is 336 Å². The Morgan fingerprint density at radius 2 is 1.07 bits per heavy atom. The van der Waals surface area contributed by atoms with Gasteiger partial charge in [-0.1, -0.05) is 237 Å². The summed E-state index contributed by atoms with van der Waals surface area (Å²) in [7, 11) is 0. The van der Waals surface area contributed by atoms with Gasteiger partial charge in [0.25, 0.3) is 0 Å². The van der Waals surface area contributed by atoms with Crippen LogP contribution in [-0.2, 0) is 42.7 Å². The minimum Gasteiger partial charge on any atom is -0.509 e. The zero-order valence-electron chi connectivity index (χ0n) is 66.2. The van der Waals surface area contributed by atoms with Crippen molar-refractivity contribution >= 4 is 61.6 Å². The number of hydrogen-bond acceptors (Lipinski definition) is 5. The largest absolute Gasteiger partial charge is 0.509 e. The first-order valence-corrected chi connectivity index (χ1v) is 33.9. The smallest absolute Gasteiger partial charge is 0.135 e. The van der Waals surface area contributed by atoms with Crippen LogP contribution in [-0.4, -0.2) is 9.55 Å². The van der Waals surface area contributed by atoms with E-state index in [-0.39, 0.29) is 95.1 Å². The van der Waals surface area contributed by atoms with Crippen molar-refractivity contribution in [3.8, 4) is 61.8 Å². The molecule has 0 N–H and O–H groups in total. The van der Waals surface area contributed by atoms with Gasteiger partial charge in [0.2, 0.25) is 0 Å². The van der Waals surface area contributed by atoms with E-state index >= 15 is 0 Å². The summed E-state index contributed by atoms with van der Waals surface area (Å²) in [6, 6.07) is 89.4. The van der Waals surface area contributed by atoms with Crippen LogP contribution in [0, 0.1) is 32.5 Å². The Morgan fingerprint density at radius 3 is 1.77 bits per heavy atom. The first kappa shape index (κ1) is 54.4. The predicted octanol–water partition coefficient (Wildman–Crippen LogP) is 24.6. The van der Waals surface area contributed by atoms with Crippen molar-refractivity contribution in [1.29, 1.82) is 0 Å². The fraction of sp³-hybridized carbons (Fsp3) is 0.161. The Kier molecular flexibility index (Phi) is 13.1. The van der Waals surface area contributed by atoms with E-state index in [4.69, 9.17) is 17.9 Å². The average Bonchev–Trinajstić information content (AvgIpc) is 1.57. The van der Waals surface area contributed by atoms with E-state index in [1.807, 2.05) is 64.7 Å². The van der Waals surface area contributed by atoms with Gasteiger partial charge < -0.3 is 24.0 Å². The summed E-state index contributed by atoms with van der Waals surface area (Å²) in [6.07, 6.45) is 1.47. The first-order chi connectivity index (χ1) is 51.5. The molecule has 1 aliphatic carbocycles. The second-order valence-electron chi connectivity index (χ2n) is 29.5. The average molecular weight is 1490 g/mol. The van der Waals surface area contributed by atoms with Gasteiger partial charge in [-0.3, -0.25) is 0 Å². The minimum absolute atomic E-state index is 0. The fourth-order valence-electron chi connectivity index (χ4n) is 15.3. The van der Waals surface area contributed by atoms with Crippen molar-refractivity contribution in [1.82, 2.24) is 9.55 Å². The summed E-state index contributed by atoms with van der Waals surface area (Å²) >= 11 is 0. The maximum Gasteiger partial charge on any atom is 0.135 e. The van der Waals surface area contributed by atoms with Gasteiger partial charge in [-0.15, -0.1) is 48.0 Å². The number of para-hydroxylation sites is 6. The molecule has 0 unspecified atom stereocenters. The van der Waals surface area contributed by atoms with Crippen LogP contribution < -0.4 is 19.4 Å². The van der Waals surface area contributed by atoms with Crippen molar-refractivity contribution in [2.45, 2.75) is 97.7 Å². The van der Waals surface area contributed by atoms with Gasteiger partial charge >= 0.3 is 0 Å². The number of rotatable bonds is 9. The van der Waals surface area contributed by atoms with Crippen LogP contribution in [0.2, 0.25) is 0 Å². The third kappa shape index (κ3) is 10.5. The van der Waals surface area contributed by atoms with E-state index < -0.39 is 19.1 Å².